The van der Waals surface area contributed by atoms with E-state index in [-0.39, 0.29) is 11.9 Å². The second-order valence-electron chi connectivity index (χ2n) is 3.31. The van der Waals surface area contributed by atoms with Gasteiger partial charge in [0.25, 0.3) is 5.91 Å². The minimum atomic E-state index is -0.179. The van der Waals surface area contributed by atoms with E-state index in [2.05, 4.69) is 21.2 Å². The molecule has 3 nitrogen and oxygen atoms in total. The maximum atomic E-state index is 11.7. The Morgan fingerprint density at radius 2 is 2.33 bits per heavy atom. The summed E-state index contributed by atoms with van der Waals surface area (Å²) in [6.07, 6.45) is 0. The van der Waals surface area contributed by atoms with Crippen molar-refractivity contribution in [2.45, 2.75) is 13.0 Å². The lowest BCUT2D eigenvalue weighted by atomic mass is 10.2. The zero-order valence-corrected chi connectivity index (χ0v) is 10.6. The second kappa shape index (κ2) is 5.49. The van der Waals surface area contributed by atoms with Gasteiger partial charge in [-0.15, -0.1) is 0 Å². The van der Waals surface area contributed by atoms with Crippen LogP contribution in [0.15, 0.2) is 22.7 Å². The third-order valence-electron chi connectivity index (χ3n) is 1.76. The molecule has 0 aliphatic rings. The molecule has 1 aromatic carbocycles. The van der Waals surface area contributed by atoms with Crippen molar-refractivity contribution in [3.8, 4) is 0 Å². The van der Waals surface area contributed by atoms with Gasteiger partial charge in [-0.05, 0) is 41.1 Å². The number of halogens is 2. The van der Waals surface area contributed by atoms with Gasteiger partial charge in [0.1, 0.15) is 0 Å². The molecule has 0 fully saturated rings. The Balaban J connectivity index is 2.77. The topological polar surface area (TPSA) is 55.1 Å². The molecule has 0 spiro atoms. The Hall–Kier alpha value is -0.580. The van der Waals surface area contributed by atoms with Crippen LogP contribution in [0.2, 0.25) is 5.02 Å². The molecular formula is C10H12BrClN2O. The van der Waals surface area contributed by atoms with E-state index in [1.54, 1.807) is 18.2 Å². The molecule has 1 atom stereocenters. The summed E-state index contributed by atoms with van der Waals surface area (Å²) in [4.78, 5) is 11.7. The number of nitrogens with two attached hydrogens (primary N) is 1. The van der Waals surface area contributed by atoms with Crippen LogP contribution in [-0.4, -0.2) is 18.5 Å². The summed E-state index contributed by atoms with van der Waals surface area (Å²) in [5.41, 5.74) is 6.05. The molecule has 0 aliphatic carbocycles. The largest absolute Gasteiger partial charge is 0.350 e. The van der Waals surface area contributed by atoms with E-state index in [0.717, 1.165) is 0 Å². The van der Waals surface area contributed by atoms with Crippen molar-refractivity contribution in [1.29, 1.82) is 0 Å². The van der Waals surface area contributed by atoms with E-state index in [1.807, 2.05) is 6.92 Å². The molecule has 5 heteroatoms. The van der Waals surface area contributed by atoms with Crippen LogP contribution in [-0.2, 0) is 0 Å². The average molecular weight is 292 g/mol. The Labute approximate surface area is 102 Å². The van der Waals surface area contributed by atoms with Crippen LogP contribution in [0.1, 0.15) is 17.3 Å². The summed E-state index contributed by atoms with van der Waals surface area (Å²) >= 11 is 9.09. The van der Waals surface area contributed by atoms with Crippen molar-refractivity contribution in [2.75, 3.05) is 6.54 Å². The number of hydrogen-bond donors (Lipinski definition) is 2. The van der Waals surface area contributed by atoms with E-state index in [0.29, 0.717) is 21.6 Å². The van der Waals surface area contributed by atoms with E-state index in [9.17, 15) is 4.79 Å². The van der Waals surface area contributed by atoms with Gasteiger partial charge in [0, 0.05) is 22.1 Å². The third-order valence-corrected chi connectivity index (χ3v) is 2.68. The highest BCUT2D eigenvalue weighted by molar-refractivity contribution is 9.10. The van der Waals surface area contributed by atoms with E-state index >= 15 is 0 Å². The highest BCUT2D eigenvalue weighted by Crippen LogP contribution is 2.20. The predicted octanol–water partition coefficient (Wildman–Crippen LogP) is 2.18. The molecule has 1 unspecified atom stereocenters. The Bertz CT molecular complexity index is 368. The van der Waals surface area contributed by atoms with Crippen LogP contribution in [0.4, 0.5) is 0 Å². The van der Waals surface area contributed by atoms with Gasteiger partial charge >= 0.3 is 0 Å². The number of carbonyl (C=O) groups excluding carboxylic acids is 1. The molecule has 1 aromatic rings. The summed E-state index contributed by atoms with van der Waals surface area (Å²) in [7, 11) is 0. The van der Waals surface area contributed by atoms with Crippen molar-refractivity contribution >= 4 is 33.4 Å². The molecule has 3 N–H and O–H groups in total. The molecule has 0 aromatic heterocycles. The van der Waals surface area contributed by atoms with Crippen molar-refractivity contribution in [3.05, 3.63) is 33.3 Å². The SMILES string of the molecule is CC(N)CNC(=O)c1cc(Cl)ccc1Br. The second-order valence-corrected chi connectivity index (χ2v) is 4.60. The maximum Gasteiger partial charge on any atom is 0.252 e. The van der Waals surface area contributed by atoms with Gasteiger partial charge in [-0.1, -0.05) is 11.6 Å². The van der Waals surface area contributed by atoms with Gasteiger partial charge in [-0.25, -0.2) is 0 Å². The first-order valence-electron chi connectivity index (χ1n) is 4.49. The van der Waals surface area contributed by atoms with Crippen molar-refractivity contribution in [1.82, 2.24) is 5.32 Å². The lowest BCUT2D eigenvalue weighted by Crippen LogP contribution is -2.35. The maximum absolute atomic E-state index is 11.7. The highest BCUT2D eigenvalue weighted by Gasteiger charge is 2.10. The molecule has 1 amide bonds. The molecule has 0 bridgehead atoms. The summed E-state index contributed by atoms with van der Waals surface area (Å²) in [6.45, 7) is 2.27. The molecule has 0 aliphatic heterocycles. The van der Waals surface area contributed by atoms with Crippen LogP contribution in [0.3, 0.4) is 0 Å². The number of benzene rings is 1. The zero-order valence-electron chi connectivity index (χ0n) is 8.26. The smallest absolute Gasteiger partial charge is 0.252 e. The van der Waals surface area contributed by atoms with E-state index in [4.69, 9.17) is 17.3 Å². The van der Waals surface area contributed by atoms with Crippen molar-refractivity contribution in [2.24, 2.45) is 5.73 Å². The van der Waals surface area contributed by atoms with Crippen molar-refractivity contribution < 1.29 is 4.79 Å². The normalized spacial score (nSPS) is 12.3. The molecular weight excluding hydrogens is 279 g/mol. The van der Waals surface area contributed by atoms with Crippen LogP contribution >= 0.6 is 27.5 Å². The lowest BCUT2D eigenvalue weighted by Gasteiger charge is -2.09. The minimum absolute atomic E-state index is 0.0630. The Morgan fingerprint density at radius 3 is 2.93 bits per heavy atom. The first-order chi connectivity index (χ1) is 7.00. The van der Waals surface area contributed by atoms with Crippen LogP contribution in [0.25, 0.3) is 0 Å². The Kier molecular flexibility index (Phi) is 4.57. The molecule has 0 heterocycles. The first-order valence-corrected chi connectivity index (χ1v) is 5.66. The third kappa shape index (κ3) is 3.81. The molecule has 0 saturated heterocycles. The summed E-state index contributed by atoms with van der Waals surface area (Å²) in [6, 6.07) is 5.01. The fraction of sp³-hybridized carbons (Fsp3) is 0.300. The van der Waals surface area contributed by atoms with E-state index < -0.39 is 0 Å². The minimum Gasteiger partial charge on any atom is -0.350 e. The highest BCUT2D eigenvalue weighted by atomic mass is 79.9. The molecule has 15 heavy (non-hydrogen) atoms. The molecule has 1 rings (SSSR count). The molecule has 0 saturated carbocycles. The predicted molar refractivity (Wildman–Crippen MR) is 65.1 cm³/mol. The van der Waals surface area contributed by atoms with E-state index in [1.165, 1.54) is 0 Å². The fourth-order valence-corrected chi connectivity index (χ4v) is 1.62. The summed E-state index contributed by atoms with van der Waals surface area (Å²) < 4.78 is 0.717. The lowest BCUT2D eigenvalue weighted by molar-refractivity contribution is 0.0951. The van der Waals surface area contributed by atoms with Gasteiger partial charge in [0.05, 0.1) is 5.56 Å². The Morgan fingerprint density at radius 1 is 1.67 bits per heavy atom. The monoisotopic (exact) mass is 290 g/mol. The van der Waals surface area contributed by atoms with Gasteiger partial charge < -0.3 is 11.1 Å². The number of hydrogen-bond acceptors (Lipinski definition) is 2. The fourth-order valence-electron chi connectivity index (χ4n) is 1.02. The molecule has 0 radical (unpaired) electrons. The summed E-state index contributed by atoms with van der Waals surface area (Å²) in [5, 5.41) is 3.25. The first kappa shape index (κ1) is 12.5. The van der Waals surface area contributed by atoms with Gasteiger partial charge in [-0.2, -0.15) is 0 Å². The summed E-state index contributed by atoms with van der Waals surface area (Å²) in [5.74, 6) is -0.179. The number of amides is 1. The number of rotatable bonds is 3. The van der Waals surface area contributed by atoms with Gasteiger partial charge in [0.15, 0.2) is 0 Å². The van der Waals surface area contributed by atoms with Crippen molar-refractivity contribution in [3.63, 3.8) is 0 Å². The quantitative estimate of drug-likeness (QED) is 0.897. The molecule has 82 valence electrons. The van der Waals surface area contributed by atoms with Gasteiger partial charge in [-0.3, -0.25) is 4.79 Å². The average Bonchev–Trinajstić information content (AvgIpc) is 2.18. The van der Waals surface area contributed by atoms with Gasteiger partial charge in [0.2, 0.25) is 0 Å². The standard InChI is InChI=1S/C10H12BrClN2O/c1-6(13)5-14-10(15)8-4-7(12)2-3-9(8)11/h2-4,6H,5,13H2,1H3,(H,14,15). The van der Waals surface area contributed by atoms with Crippen LogP contribution in [0.5, 0.6) is 0 Å². The van der Waals surface area contributed by atoms with Crippen LogP contribution in [0, 0.1) is 0 Å². The number of carbonyl (C=O) groups is 1. The zero-order chi connectivity index (χ0) is 11.4. The number of nitrogens with one attached hydrogen (secondary N) is 1. The van der Waals surface area contributed by atoms with Crippen LogP contribution < -0.4 is 11.1 Å².